The van der Waals surface area contributed by atoms with Crippen molar-refractivity contribution < 1.29 is 14.5 Å². The Morgan fingerprint density at radius 3 is 2.42 bits per heavy atom. The van der Waals surface area contributed by atoms with Gasteiger partial charge in [0.05, 0.1) is 4.92 Å². The van der Waals surface area contributed by atoms with Gasteiger partial charge in [0.25, 0.3) is 0 Å². The van der Waals surface area contributed by atoms with Gasteiger partial charge in [0.2, 0.25) is 11.8 Å². The van der Waals surface area contributed by atoms with Crippen molar-refractivity contribution in [1.82, 2.24) is 15.3 Å². The Morgan fingerprint density at radius 1 is 1.23 bits per heavy atom. The number of rotatable bonds is 7. The van der Waals surface area contributed by atoms with Crippen LogP contribution in [0.5, 0.6) is 0 Å². The molecule has 1 heterocycles. The molecule has 0 bridgehead atoms. The Morgan fingerprint density at radius 2 is 1.88 bits per heavy atom. The maximum Gasteiger partial charge on any atom is 0.407 e. The van der Waals surface area contributed by atoms with Gasteiger partial charge in [0.15, 0.2) is 0 Å². The fourth-order valence-electron chi connectivity index (χ4n) is 1.83. The van der Waals surface area contributed by atoms with Crippen molar-refractivity contribution in [2.24, 2.45) is 0 Å². The highest BCUT2D eigenvalue weighted by Crippen LogP contribution is 2.23. The summed E-state index contributed by atoms with van der Waals surface area (Å²) in [4.78, 5) is 30.3. The highest BCUT2D eigenvalue weighted by atomic mass is 16.6. The lowest BCUT2D eigenvalue weighted by Crippen LogP contribution is -2.33. The highest BCUT2D eigenvalue weighted by molar-refractivity contribution is 5.67. The van der Waals surface area contributed by atoms with E-state index in [1.807, 2.05) is 20.8 Å². The van der Waals surface area contributed by atoms with Crippen LogP contribution in [0, 0.1) is 10.1 Å². The van der Waals surface area contributed by atoms with Crippen molar-refractivity contribution in [2.45, 2.75) is 59.1 Å². The topological polar surface area (TPSA) is 131 Å². The van der Waals surface area contributed by atoms with Crippen LogP contribution in [0.4, 0.5) is 22.2 Å². The highest BCUT2D eigenvalue weighted by Gasteiger charge is 2.19. The zero-order valence-electron chi connectivity index (χ0n) is 16.2. The average molecular weight is 368 g/mol. The van der Waals surface area contributed by atoms with E-state index in [4.69, 9.17) is 4.74 Å². The van der Waals surface area contributed by atoms with E-state index in [0.717, 1.165) is 0 Å². The summed E-state index contributed by atoms with van der Waals surface area (Å²) in [6.07, 6.45) is 1.22. The molecular weight excluding hydrogens is 340 g/mol. The van der Waals surface area contributed by atoms with Gasteiger partial charge in [0, 0.05) is 18.6 Å². The summed E-state index contributed by atoms with van der Waals surface area (Å²) in [6, 6.07) is 0. The molecule has 0 spiro atoms. The van der Waals surface area contributed by atoms with Crippen LogP contribution >= 0.6 is 0 Å². The van der Waals surface area contributed by atoms with Gasteiger partial charge in [0.1, 0.15) is 11.8 Å². The third kappa shape index (κ3) is 8.45. The lowest BCUT2D eigenvalue weighted by atomic mass is 10.1. The molecule has 1 aromatic heterocycles. The number of aromatic nitrogens is 2. The second-order valence-corrected chi connectivity index (χ2v) is 7.77. The molecule has 0 saturated carbocycles. The summed E-state index contributed by atoms with van der Waals surface area (Å²) in [6.45, 7) is 11.9. The van der Waals surface area contributed by atoms with Crippen LogP contribution in [-0.4, -0.2) is 45.2 Å². The molecule has 1 amide bonds. The van der Waals surface area contributed by atoms with Crippen molar-refractivity contribution in [1.29, 1.82) is 0 Å². The molecule has 0 aromatic carbocycles. The molecule has 0 aliphatic heterocycles. The molecule has 1 rings (SSSR count). The normalized spacial score (nSPS) is 11.6. The van der Waals surface area contributed by atoms with Crippen molar-refractivity contribution in [2.75, 3.05) is 23.7 Å². The first-order valence-corrected chi connectivity index (χ1v) is 8.38. The van der Waals surface area contributed by atoms with Gasteiger partial charge >= 0.3 is 11.8 Å². The van der Waals surface area contributed by atoms with E-state index >= 15 is 0 Å². The molecule has 0 unspecified atom stereocenters. The number of carbonyl (C=O) groups is 1. The largest absolute Gasteiger partial charge is 0.444 e. The Hall–Kier alpha value is -2.65. The zero-order chi connectivity index (χ0) is 20.0. The lowest BCUT2D eigenvalue weighted by Gasteiger charge is -2.20. The molecule has 10 nitrogen and oxygen atoms in total. The molecule has 0 fully saturated rings. The summed E-state index contributed by atoms with van der Waals surface area (Å²) >= 11 is 0. The van der Waals surface area contributed by atoms with Crippen molar-refractivity contribution >= 4 is 23.5 Å². The van der Waals surface area contributed by atoms with Crippen molar-refractivity contribution in [3.63, 3.8) is 0 Å². The SMILES string of the molecule is CC(C)(C)Nc1ncc([N+](=O)[O-])c(NCCCNC(=O)OC(C)(C)C)n1. The number of hydrogen-bond acceptors (Lipinski definition) is 8. The van der Waals surface area contributed by atoms with Crippen LogP contribution in [-0.2, 0) is 4.74 Å². The Labute approximate surface area is 153 Å². The molecule has 3 N–H and O–H groups in total. The van der Waals surface area contributed by atoms with Crippen LogP contribution in [0.3, 0.4) is 0 Å². The summed E-state index contributed by atoms with van der Waals surface area (Å²) in [5.41, 5.74) is -1.03. The predicted octanol–water partition coefficient (Wildman–Crippen LogP) is 2.92. The fourth-order valence-corrected chi connectivity index (χ4v) is 1.83. The van der Waals surface area contributed by atoms with E-state index < -0.39 is 16.6 Å². The molecule has 0 aliphatic carbocycles. The minimum absolute atomic E-state index is 0.133. The smallest absolute Gasteiger partial charge is 0.407 e. The standard InChI is InChI=1S/C16H28N6O4/c1-15(2,3)21-13-19-10-11(22(24)25)12(20-13)17-8-7-9-18-14(23)26-16(4,5)6/h10H,7-9H2,1-6H3,(H,18,23)(H2,17,19,20,21). The zero-order valence-corrected chi connectivity index (χ0v) is 16.2. The summed E-state index contributed by atoms with van der Waals surface area (Å²) in [5.74, 6) is 0.437. The number of alkyl carbamates (subject to hydrolysis) is 1. The molecule has 0 atom stereocenters. The van der Waals surface area contributed by atoms with Gasteiger partial charge in [-0.3, -0.25) is 10.1 Å². The molecule has 26 heavy (non-hydrogen) atoms. The van der Waals surface area contributed by atoms with E-state index in [1.165, 1.54) is 6.20 Å². The van der Waals surface area contributed by atoms with Crippen molar-refractivity contribution in [3.8, 4) is 0 Å². The maximum absolute atomic E-state index is 11.5. The van der Waals surface area contributed by atoms with Crippen LogP contribution in [0.2, 0.25) is 0 Å². The predicted molar refractivity (Wildman–Crippen MR) is 99.4 cm³/mol. The Bertz CT molecular complexity index is 637. The van der Waals surface area contributed by atoms with Crippen LogP contribution in [0.1, 0.15) is 48.0 Å². The Balaban J connectivity index is 2.58. The van der Waals surface area contributed by atoms with E-state index in [2.05, 4.69) is 25.9 Å². The minimum atomic E-state index is -0.555. The van der Waals surface area contributed by atoms with Crippen LogP contribution in [0.15, 0.2) is 6.20 Å². The first-order chi connectivity index (χ1) is 11.9. The average Bonchev–Trinajstić information content (AvgIpc) is 2.43. The molecule has 0 aliphatic rings. The Kier molecular flexibility index (Phi) is 7.10. The van der Waals surface area contributed by atoms with Gasteiger partial charge in [-0.15, -0.1) is 0 Å². The van der Waals surface area contributed by atoms with E-state index in [0.29, 0.717) is 25.5 Å². The first kappa shape index (κ1) is 21.4. The number of nitrogens with zero attached hydrogens (tertiary/aromatic N) is 3. The van der Waals surface area contributed by atoms with Crippen LogP contribution < -0.4 is 16.0 Å². The van der Waals surface area contributed by atoms with Gasteiger partial charge in [-0.2, -0.15) is 4.98 Å². The van der Waals surface area contributed by atoms with E-state index in [9.17, 15) is 14.9 Å². The number of nitro groups is 1. The number of nitrogens with one attached hydrogen (secondary N) is 3. The molecular formula is C16H28N6O4. The maximum atomic E-state index is 11.5. The molecule has 1 aromatic rings. The number of anilines is 2. The van der Waals surface area contributed by atoms with Crippen LogP contribution in [0.25, 0.3) is 0 Å². The summed E-state index contributed by atoms with van der Waals surface area (Å²) in [5, 5.41) is 19.7. The monoisotopic (exact) mass is 368 g/mol. The summed E-state index contributed by atoms with van der Waals surface area (Å²) in [7, 11) is 0. The second kappa shape index (κ2) is 8.63. The first-order valence-electron chi connectivity index (χ1n) is 8.38. The van der Waals surface area contributed by atoms with Crippen molar-refractivity contribution in [3.05, 3.63) is 16.3 Å². The molecule has 146 valence electrons. The van der Waals surface area contributed by atoms with Gasteiger partial charge in [-0.25, -0.2) is 9.78 Å². The third-order valence-electron chi connectivity index (χ3n) is 2.77. The third-order valence-corrected chi connectivity index (χ3v) is 2.77. The van der Waals surface area contributed by atoms with Gasteiger partial charge in [-0.05, 0) is 48.0 Å². The molecule has 10 heteroatoms. The number of ether oxygens (including phenoxy) is 1. The van der Waals surface area contributed by atoms with Gasteiger partial charge < -0.3 is 20.7 Å². The number of hydrogen-bond donors (Lipinski definition) is 3. The quantitative estimate of drug-likeness (QED) is 0.380. The number of carbonyl (C=O) groups excluding carboxylic acids is 1. The fraction of sp³-hybridized carbons (Fsp3) is 0.688. The lowest BCUT2D eigenvalue weighted by molar-refractivity contribution is -0.384. The van der Waals surface area contributed by atoms with E-state index in [-0.39, 0.29) is 17.0 Å². The minimum Gasteiger partial charge on any atom is -0.444 e. The van der Waals surface area contributed by atoms with E-state index in [1.54, 1.807) is 20.8 Å². The second-order valence-electron chi connectivity index (χ2n) is 7.77. The number of amides is 1. The van der Waals surface area contributed by atoms with Gasteiger partial charge in [-0.1, -0.05) is 0 Å². The molecule has 0 saturated heterocycles. The molecule has 0 radical (unpaired) electrons. The summed E-state index contributed by atoms with van der Waals surface area (Å²) < 4.78 is 5.13.